The molecule has 30 heavy (non-hydrogen) atoms. The second-order valence-corrected chi connectivity index (χ2v) is 8.74. The number of rotatable bonds is 6. The van der Waals surface area contributed by atoms with Crippen LogP contribution in [0.25, 0.3) is 11.1 Å². The Balaban J connectivity index is 1.51. The van der Waals surface area contributed by atoms with Crippen molar-refractivity contribution in [2.45, 2.75) is 37.2 Å². The quantitative estimate of drug-likeness (QED) is 0.493. The summed E-state index contributed by atoms with van der Waals surface area (Å²) in [6.45, 7) is 0. The molecule has 1 N–H and O–H groups in total. The van der Waals surface area contributed by atoms with Gasteiger partial charge in [0.25, 0.3) is 0 Å². The van der Waals surface area contributed by atoms with E-state index < -0.39 is 5.41 Å². The van der Waals surface area contributed by atoms with Crippen molar-refractivity contribution in [2.24, 2.45) is 0 Å². The highest BCUT2D eigenvalue weighted by molar-refractivity contribution is 6.35. The van der Waals surface area contributed by atoms with E-state index >= 15 is 0 Å². The molecule has 152 valence electrons. The van der Waals surface area contributed by atoms with Crippen molar-refractivity contribution in [1.29, 1.82) is 0 Å². The highest BCUT2D eigenvalue weighted by Crippen LogP contribution is 2.53. The number of hydrogen-bond donors (Lipinski definition) is 1. The zero-order valence-corrected chi connectivity index (χ0v) is 17.7. The molecule has 5 rings (SSSR count). The largest absolute Gasteiger partial charge is 0.490 e. The molecule has 2 saturated carbocycles. The number of ether oxygens (including phenoxy) is 1. The maximum absolute atomic E-state index is 13.3. The number of benzene rings is 2. The molecule has 0 saturated heterocycles. The summed E-state index contributed by atoms with van der Waals surface area (Å²) in [5.74, 6) is 0.753. The number of para-hydroxylation sites is 1. The Morgan fingerprint density at radius 2 is 1.87 bits per heavy atom. The summed E-state index contributed by atoms with van der Waals surface area (Å²) in [5.41, 5.74) is 2.76. The van der Waals surface area contributed by atoms with Gasteiger partial charge in [0.2, 0.25) is 5.91 Å². The molecule has 0 bridgehead atoms. The minimum atomic E-state index is -0.637. The maximum Gasteiger partial charge on any atom is 0.235 e. The standard InChI is InChI=1S/C24H20Cl2N2O2/c25-15-5-8-20(26)21(13-15)28-23(29)24(10-11-24)19-14-27-12-9-17(19)18-3-1-2-4-22(18)30-16-6-7-16/h1-5,8-9,12-14,16H,6-7,10-11H2,(H,28,29). The van der Waals surface area contributed by atoms with E-state index in [-0.39, 0.29) is 5.91 Å². The molecule has 2 aliphatic rings. The summed E-state index contributed by atoms with van der Waals surface area (Å²) in [7, 11) is 0. The summed E-state index contributed by atoms with van der Waals surface area (Å²) in [5, 5.41) is 3.95. The third kappa shape index (κ3) is 3.66. The van der Waals surface area contributed by atoms with E-state index in [4.69, 9.17) is 27.9 Å². The predicted molar refractivity (Wildman–Crippen MR) is 119 cm³/mol. The van der Waals surface area contributed by atoms with Crippen LogP contribution < -0.4 is 10.1 Å². The molecule has 0 aliphatic heterocycles. The van der Waals surface area contributed by atoms with Gasteiger partial charge in [0.15, 0.2) is 0 Å². The Labute approximate surface area is 185 Å². The van der Waals surface area contributed by atoms with Gasteiger partial charge in [-0.3, -0.25) is 9.78 Å². The summed E-state index contributed by atoms with van der Waals surface area (Å²) >= 11 is 12.3. The highest BCUT2D eigenvalue weighted by atomic mass is 35.5. The fraction of sp³-hybridized carbons (Fsp3) is 0.250. The molecular formula is C24H20Cl2N2O2. The summed E-state index contributed by atoms with van der Waals surface area (Å²) < 4.78 is 6.13. The van der Waals surface area contributed by atoms with Crippen molar-refractivity contribution in [3.8, 4) is 16.9 Å². The number of carbonyl (C=O) groups is 1. The zero-order valence-electron chi connectivity index (χ0n) is 16.2. The lowest BCUT2D eigenvalue weighted by molar-refractivity contribution is -0.118. The number of halogens is 2. The highest BCUT2D eigenvalue weighted by Gasteiger charge is 2.53. The van der Waals surface area contributed by atoms with Gasteiger partial charge in [-0.25, -0.2) is 0 Å². The van der Waals surface area contributed by atoms with Gasteiger partial charge in [0.1, 0.15) is 5.75 Å². The van der Waals surface area contributed by atoms with E-state index in [1.807, 2.05) is 30.3 Å². The molecule has 0 radical (unpaired) electrons. The number of aromatic nitrogens is 1. The first-order chi connectivity index (χ1) is 14.6. The third-order valence-corrected chi connectivity index (χ3v) is 6.26. The van der Waals surface area contributed by atoms with Gasteiger partial charge in [0, 0.05) is 23.0 Å². The van der Waals surface area contributed by atoms with Crippen LogP contribution in [0.3, 0.4) is 0 Å². The molecule has 1 amide bonds. The topological polar surface area (TPSA) is 51.2 Å². The van der Waals surface area contributed by atoms with E-state index in [2.05, 4.69) is 10.3 Å². The van der Waals surface area contributed by atoms with E-state index in [1.54, 1.807) is 30.6 Å². The van der Waals surface area contributed by atoms with Crippen LogP contribution in [0.2, 0.25) is 10.0 Å². The van der Waals surface area contributed by atoms with Gasteiger partial charge in [0.05, 0.1) is 22.2 Å². The van der Waals surface area contributed by atoms with Crippen LogP contribution in [0.15, 0.2) is 60.9 Å². The van der Waals surface area contributed by atoms with Crippen LogP contribution in [0.5, 0.6) is 5.75 Å². The fourth-order valence-electron chi connectivity index (χ4n) is 3.75. The molecule has 0 unspecified atom stereocenters. The van der Waals surface area contributed by atoms with E-state index in [1.165, 1.54) is 0 Å². The lowest BCUT2D eigenvalue weighted by Gasteiger charge is -2.21. The molecule has 1 heterocycles. The van der Waals surface area contributed by atoms with Gasteiger partial charge in [-0.2, -0.15) is 0 Å². The molecule has 0 spiro atoms. The average Bonchev–Trinajstić information content (AvgIpc) is 3.67. The second kappa shape index (κ2) is 7.60. The van der Waals surface area contributed by atoms with Gasteiger partial charge < -0.3 is 10.1 Å². The van der Waals surface area contributed by atoms with Crippen molar-refractivity contribution in [3.05, 3.63) is 76.5 Å². The minimum Gasteiger partial charge on any atom is -0.490 e. The number of carbonyl (C=O) groups excluding carboxylic acids is 1. The lowest BCUT2D eigenvalue weighted by Crippen LogP contribution is -2.28. The number of amides is 1. The average molecular weight is 439 g/mol. The van der Waals surface area contributed by atoms with Gasteiger partial charge >= 0.3 is 0 Å². The van der Waals surface area contributed by atoms with Crippen LogP contribution in [0.4, 0.5) is 5.69 Å². The molecule has 4 nitrogen and oxygen atoms in total. The van der Waals surface area contributed by atoms with Crippen LogP contribution >= 0.6 is 23.2 Å². The van der Waals surface area contributed by atoms with Gasteiger partial charge in [-0.15, -0.1) is 0 Å². The lowest BCUT2D eigenvalue weighted by atomic mass is 9.88. The molecule has 6 heteroatoms. The van der Waals surface area contributed by atoms with Crippen molar-refractivity contribution in [2.75, 3.05) is 5.32 Å². The van der Waals surface area contributed by atoms with Crippen molar-refractivity contribution >= 4 is 34.8 Å². The molecule has 2 fully saturated rings. The van der Waals surface area contributed by atoms with Crippen LogP contribution in [0, 0.1) is 0 Å². The molecular weight excluding hydrogens is 419 g/mol. The zero-order chi connectivity index (χ0) is 20.7. The second-order valence-electron chi connectivity index (χ2n) is 7.90. The van der Waals surface area contributed by atoms with E-state index in [0.29, 0.717) is 21.8 Å². The Morgan fingerprint density at radius 1 is 1.07 bits per heavy atom. The Morgan fingerprint density at radius 3 is 2.63 bits per heavy atom. The summed E-state index contributed by atoms with van der Waals surface area (Å²) in [6.07, 6.45) is 7.53. The summed E-state index contributed by atoms with van der Waals surface area (Å²) in [6, 6.07) is 15.0. The Bertz CT molecular complexity index is 1120. The molecule has 0 atom stereocenters. The van der Waals surface area contributed by atoms with E-state index in [9.17, 15) is 4.79 Å². The minimum absolute atomic E-state index is 0.0958. The number of pyridine rings is 1. The first kappa shape index (κ1) is 19.4. The van der Waals surface area contributed by atoms with Gasteiger partial charge in [-0.1, -0.05) is 41.4 Å². The Kier molecular flexibility index (Phi) is 4.92. The van der Waals surface area contributed by atoms with Crippen LogP contribution in [-0.4, -0.2) is 17.0 Å². The molecule has 2 aromatic carbocycles. The fourth-order valence-corrected chi connectivity index (χ4v) is 4.08. The molecule has 2 aliphatic carbocycles. The maximum atomic E-state index is 13.3. The van der Waals surface area contributed by atoms with E-state index in [0.717, 1.165) is 48.1 Å². The van der Waals surface area contributed by atoms with Crippen molar-refractivity contribution < 1.29 is 9.53 Å². The SMILES string of the molecule is O=C(Nc1cc(Cl)ccc1Cl)C1(c2cnccc2-c2ccccc2OC2CC2)CC1. The third-order valence-electron chi connectivity index (χ3n) is 5.69. The number of hydrogen-bond acceptors (Lipinski definition) is 3. The monoisotopic (exact) mass is 438 g/mol. The smallest absolute Gasteiger partial charge is 0.235 e. The van der Waals surface area contributed by atoms with Crippen LogP contribution in [-0.2, 0) is 10.2 Å². The molecule has 3 aromatic rings. The predicted octanol–water partition coefficient (Wildman–Crippen LogP) is 6.27. The Hall–Kier alpha value is -2.56. The number of nitrogens with zero attached hydrogens (tertiary/aromatic N) is 1. The first-order valence-electron chi connectivity index (χ1n) is 10.0. The number of nitrogens with one attached hydrogen (secondary N) is 1. The van der Waals surface area contributed by atoms with Crippen LogP contribution in [0.1, 0.15) is 31.2 Å². The molecule has 1 aromatic heterocycles. The van der Waals surface area contributed by atoms with Crippen molar-refractivity contribution in [1.82, 2.24) is 4.98 Å². The summed E-state index contributed by atoms with van der Waals surface area (Å²) in [4.78, 5) is 17.7. The first-order valence-corrected chi connectivity index (χ1v) is 10.8. The van der Waals surface area contributed by atoms with Crippen molar-refractivity contribution in [3.63, 3.8) is 0 Å². The number of anilines is 1. The normalized spacial score (nSPS) is 16.7. The van der Waals surface area contributed by atoms with Gasteiger partial charge in [-0.05, 0) is 67.1 Å².